The monoisotopic (exact) mass is 323 g/mol. The average molecular weight is 324 g/mol. The lowest BCUT2D eigenvalue weighted by molar-refractivity contribution is -0.142. The third-order valence-electron chi connectivity index (χ3n) is 2.57. The SMILES string of the molecule is CCOC(=O)Cc1nc(N)n(C(=O)Nc2ccc(Cl)cc2)n1. The number of esters is 1. The van der Waals surface area contributed by atoms with E-state index >= 15 is 0 Å². The first-order valence-electron chi connectivity index (χ1n) is 6.43. The van der Waals surface area contributed by atoms with Crippen molar-refractivity contribution in [1.29, 1.82) is 0 Å². The lowest BCUT2D eigenvalue weighted by atomic mass is 10.3. The molecule has 116 valence electrons. The van der Waals surface area contributed by atoms with E-state index in [0.717, 1.165) is 4.68 Å². The van der Waals surface area contributed by atoms with Crippen molar-refractivity contribution in [3.63, 3.8) is 0 Å². The molecule has 1 aromatic carbocycles. The van der Waals surface area contributed by atoms with Crippen molar-refractivity contribution in [2.75, 3.05) is 17.7 Å². The Morgan fingerprint density at radius 2 is 2.05 bits per heavy atom. The van der Waals surface area contributed by atoms with Crippen molar-refractivity contribution >= 4 is 35.2 Å². The number of anilines is 2. The van der Waals surface area contributed by atoms with E-state index in [4.69, 9.17) is 22.1 Å². The Hall–Kier alpha value is -2.61. The summed E-state index contributed by atoms with van der Waals surface area (Å²) >= 11 is 5.76. The number of nitrogen functional groups attached to an aromatic ring is 1. The van der Waals surface area contributed by atoms with Gasteiger partial charge in [0.2, 0.25) is 5.95 Å². The van der Waals surface area contributed by atoms with Crippen molar-refractivity contribution in [2.45, 2.75) is 13.3 Å². The van der Waals surface area contributed by atoms with Gasteiger partial charge in [0.15, 0.2) is 5.82 Å². The van der Waals surface area contributed by atoms with E-state index in [1.807, 2.05) is 0 Å². The zero-order valence-corrected chi connectivity index (χ0v) is 12.5. The number of rotatable bonds is 4. The first kappa shape index (κ1) is 15.8. The predicted octanol–water partition coefficient (Wildman–Crippen LogP) is 1.70. The fourth-order valence-electron chi connectivity index (χ4n) is 1.64. The second-order valence-electron chi connectivity index (χ2n) is 4.22. The number of nitrogens with one attached hydrogen (secondary N) is 1. The quantitative estimate of drug-likeness (QED) is 0.828. The molecule has 22 heavy (non-hydrogen) atoms. The third kappa shape index (κ3) is 3.95. The van der Waals surface area contributed by atoms with Gasteiger partial charge in [-0.25, -0.2) is 4.79 Å². The molecule has 0 radical (unpaired) electrons. The van der Waals surface area contributed by atoms with Gasteiger partial charge >= 0.3 is 12.0 Å². The minimum atomic E-state index is -0.595. The number of nitrogens with zero attached hydrogens (tertiary/aromatic N) is 3. The summed E-state index contributed by atoms with van der Waals surface area (Å²) in [6.07, 6.45) is -0.154. The van der Waals surface area contributed by atoms with E-state index in [-0.39, 0.29) is 24.8 Å². The van der Waals surface area contributed by atoms with E-state index in [2.05, 4.69) is 15.4 Å². The Balaban J connectivity index is 2.08. The summed E-state index contributed by atoms with van der Waals surface area (Å²) in [5.41, 5.74) is 6.15. The van der Waals surface area contributed by atoms with Crippen LogP contribution in [0.4, 0.5) is 16.4 Å². The molecule has 0 fully saturated rings. The van der Waals surface area contributed by atoms with Gasteiger partial charge in [-0.15, -0.1) is 9.78 Å². The number of hydrogen-bond acceptors (Lipinski definition) is 6. The maximum Gasteiger partial charge on any atom is 0.349 e. The molecule has 1 amide bonds. The first-order valence-corrected chi connectivity index (χ1v) is 6.81. The molecule has 1 aromatic heterocycles. The highest BCUT2D eigenvalue weighted by molar-refractivity contribution is 6.30. The molecular formula is C13H14ClN5O3. The molecule has 8 nitrogen and oxygen atoms in total. The molecule has 0 aliphatic carbocycles. The van der Waals surface area contributed by atoms with Gasteiger partial charge in [-0.2, -0.15) is 4.98 Å². The van der Waals surface area contributed by atoms with E-state index in [0.29, 0.717) is 10.7 Å². The minimum Gasteiger partial charge on any atom is -0.466 e. The minimum absolute atomic E-state index is 0.113. The van der Waals surface area contributed by atoms with E-state index in [9.17, 15) is 9.59 Å². The Bertz CT molecular complexity index is 683. The average Bonchev–Trinajstić information content (AvgIpc) is 2.82. The van der Waals surface area contributed by atoms with Crippen LogP contribution in [0, 0.1) is 0 Å². The molecule has 0 spiro atoms. The van der Waals surface area contributed by atoms with Gasteiger partial charge in [-0.05, 0) is 31.2 Å². The summed E-state index contributed by atoms with van der Waals surface area (Å²) in [6, 6.07) is 5.93. The number of aromatic nitrogens is 3. The van der Waals surface area contributed by atoms with Crippen LogP contribution in [0.2, 0.25) is 5.02 Å². The Kier molecular flexibility index (Phi) is 4.95. The van der Waals surface area contributed by atoms with Crippen LogP contribution < -0.4 is 11.1 Å². The lowest BCUT2D eigenvalue weighted by Crippen LogP contribution is -2.22. The molecule has 0 atom stereocenters. The van der Waals surface area contributed by atoms with Crippen LogP contribution in [0.3, 0.4) is 0 Å². The van der Waals surface area contributed by atoms with E-state index in [1.54, 1.807) is 31.2 Å². The smallest absolute Gasteiger partial charge is 0.349 e. The third-order valence-corrected chi connectivity index (χ3v) is 2.82. The standard InChI is InChI=1S/C13H14ClN5O3/c1-2-22-11(20)7-10-17-12(15)19(18-10)13(21)16-9-5-3-8(14)4-6-9/h3-6H,2,7H2,1H3,(H,16,21)(H2,15,17,18). The molecule has 2 aromatic rings. The highest BCUT2D eigenvalue weighted by Crippen LogP contribution is 2.14. The van der Waals surface area contributed by atoms with Crippen LogP contribution in [0.15, 0.2) is 24.3 Å². The summed E-state index contributed by atoms with van der Waals surface area (Å²) in [6.45, 7) is 1.95. The number of hydrogen-bond donors (Lipinski definition) is 2. The summed E-state index contributed by atoms with van der Waals surface area (Å²) in [5.74, 6) is -0.495. The number of amides is 1. The van der Waals surface area contributed by atoms with Crippen LogP contribution in [0.5, 0.6) is 0 Å². The largest absolute Gasteiger partial charge is 0.466 e. The summed E-state index contributed by atoms with van der Waals surface area (Å²) in [5, 5.41) is 7.02. The maximum absolute atomic E-state index is 12.1. The number of ether oxygens (including phenoxy) is 1. The molecule has 3 N–H and O–H groups in total. The molecule has 0 aliphatic heterocycles. The summed E-state index contributed by atoms with van der Waals surface area (Å²) in [4.78, 5) is 27.3. The molecule has 0 saturated heterocycles. The van der Waals surface area contributed by atoms with Crippen LogP contribution in [0.1, 0.15) is 12.7 Å². The van der Waals surface area contributed by atoms with Gasteiger partial charge in [-0.3, -0.25) is 4.79 Å². The van der Waals surface area contributed by atoms with Gasteiger partial charge < -0.3 is 15.8 Å². The van der Waals surface area contributed by atoms with Crippen molar-refractivity contribution < 1.29 is 14.3 Å². The second-order valence-corrected chi connectivity index (χ2v) is 4.65. The van der Waals surface area contributed by atoms with Crippen molar-refractivity contribution in [3.8, 4) is 0 Å². The van der Waals surface area contributed by atoms with Gasteiger partial charge in [-0.1, -0.05) is 11.6 Å². The van der Waals surface area contributed by atoms with Gasteiger partial charge in [0, 0.05) is 10.7 Å². The maximum atomic E-state index is 12.1. The Labute approximate surface area is 131 Å². The van der Waals surface area contributed by atoms with Crippen LogP contribution in [-0.2, 0) is 16.0 Å². The Morgan fingerprint density at radius 1 is 1.36 bits per heavy atom. The predicted molar refractivity (Wildman–Crippen MR) is 80.6 cm³/mol. The molecule has 0 aliphatic rings. The van der Waals surface area contributed by atoms with E-state index < -0.39 is 12.0 Å². The van der Waals surface area contributed by atoms with Crippen LogP contribution in [0.25, 0.3) is 0 Å². The number of nitrogens with two attached hydrogens (primary N) is 1. The zero-order chi connectivity index (χ0) is 16.1. The molecule has 0 saturated carbocycles. The highest BCUT2D eigenvalue weighted by Gasteiger charge is 2.16. The topological polar surface area (TPSA) is 112 Å². The molecule has 1 heterocycles. The molecular weight excluding hydrogens is 310 g/mol. The van der Waals surface area contributed by atoms with E-state index in [1.165, 1.54) is 0 Å². The zero-order valence-electron chi connectivity index (χ0n) is 11.7. The van der Waals surface area contributed by atoms with Crippen molar-refractivity contribution in [3.05, 3.63) is 35.1 Å². The highest BCUT2D eigenvalue weighted by atomic mass is 35.5. The summed E-state index contributed by atoms with van der Waals surface area (Å²) in [7, 11) is 0. The number of halogens is 1. The Morgan fingerprint density at radius 3 is 2.68 bits per heavy atom. The molecule has 0 unspecified atom stereocenters. The first-order chi connectivity index (χ1) is 10.5. The van der Waals surface area contributed by atoms with Crippen molar-refractivity contribution in [1.82, 2.24) is 14.8 Å². The second kappa shape index (κ2) is 6.90. The lowest BCUT2D eigenvalue weighted by Gasteiger charge is -2.05. The van der Waals surface area contributed by atoms with Crippen molar-refractivity contribution in [2.24, 2.45) is 0 Å². The van der Waals surface area contributed by atoms with Gasteiger partial charge in [0.1, 0.15) is 6.42 Å². The number of benzene rings is 1. The van der Waals surface area contributed by atoms with Crippen LogP contribution in [-0.4, -0.2) is 33.4 Å². The molecule has 0 bridgehead atoms. The number of carbonyl (C=O) groups is 2. The molecule has 9 heteroatoms. The van der Waals surface area contributed by atoms with Crippen LogP contribution >= 0.6 is 11.6 Å². The molecule has 2 rings (SSSR count). The van der Waals surface area contributed by atoms with Gasteiger partial charge in [0.25, 0.3) is 0 Å². The fraction of sp³-hybridized carbons (Fsp3) is 0.231. The summed E-state index contributed by atoms with van der Waals surface area (Å²) < 4.78 is 5.66. The van der Waals surface area contributed by atoms with Gasteiger partial charge in [0.05, 0.1) is 6.61 Å². The normalized spacial score (nSPS) is 10.3. The number of carbonyl (C=O) groups excluding carboxylic acids is 2. The fourth-order valence-corrected chi connectivity index (χ4v) is 1.77.